The van der Waals surface area contributed by atoms with Gasteiger partial charge in [0.2, 0.25) is 17.7 Å². The zero-order valence-electron chi connectivity index (χ0n) is 17.0. The summed E-state index contributed by atoms with van der Waals surface area (Å²) in [5, 5.41) is 33.6. The zero-order chi connectivity index (χ0) is 24.0. The van der Waals surface area contributed by atoms with Crippen LogP contribution >= 0.6 is 11.8 Å². The van der Waals surface area contributed by atoms with Crippen molar-refractivity contribution in [2.75, 3.05) is 18.6 Å². The van der Waals surface area contributed by atoms with E-state index in [1.54, 1.807) is 6.26 Å². The lowest BCUT2D eigenvalue weighted by Crippen LogP contribution is -2.56. The molecule has 176 valence electrons. The lowest BCUT2D eigenvalue weighted by atomic mass is 10.1. The van der Waals surface area contributed by atoms with Crippen molar-refractivity contribution in [3.8, 4) is 0 Å². The molecular formula is C17H28N4O9S. The van der Waals surface area contributed by atoms with E-state index in [0.717, 1.165) is 0 Å². The first-order chi connectivity index (χ1) is 14.5. The van der Waals surface area contributed by atoms with Crippen molar-refractivity contribution in [1.29, 1.82) is 0 Å². The van der Waals surface area contributed by atoms with E-state index in [2.05, 4.69) is 16.0 Å². The summed E-state index contributed by atoms with van der Waals surface area (Å²) in [6.45, 7) is -0.365. The Labute approximate surface area is 182 Å². The summed E-state index contributed by atoms with van der Waals surface area (Å²) in [5.74, 6) is -5.85. The molecular weight excluding hydrogens is 436 g/mol. The third kappa shape index (κ3) is 12.4. The Morgan fingerprint density at radius 1 is 0.774 bits per heavy atom. The van der Waals surface area contributed by atoms with Gasteiger partial charge in [0.1, 0.15) is 18.1 Å². The highest BCUT2D eigenvalue weighted by atomic mass is 32.2. The van der Waals surface area contributed by atoms with Crippen molar-refractivity contribution in [3.05, 3.63) is 0 Å². The van der Waals surface area contributed by atoms with Gasteiger partial charge in [-0.3, -0.25) is 24.0 Å². The van der Waals surface area contributed by atoms with Gasteiger partial charge in [0.25, 0.3) is 0 Å². The Kier molecular flexibility index (Phi) is 13.6. The average Bonchev–Trinajstić information content (AvgIpc) is 2.69. The second-order valence-corrected chi connectivity index (χ2v) is 7.42. The molecule has 0 aliphatic heterocycles. The normalized spacial score (nSPS) is 13.4. The first kappa shape index (κ1) is 28.1. The Morgan fingerprint density at radius 3 is 1.65 bits per heavy atom. The molecule has 0 rings (SSSR count). The van der Waals surface area contributed by atoms with E-state index in [0.29, 0.717) is 5.75 Å². The van der Waals surface area contributed by atoms with Gasteiger partial charge in [-0.15, -0.1) is 0 Å². The Bertz CT molecular complexity index is 674. The Hall–Kier alpha value is -2.87. The highest BCUT2D eigenvalue weighted by Crippen LogP contribution is 2.06. The van der Waals surface area contributed by atoms with Crippen LogP contribution in [0.5, 0.6) is 0 Å². The molecule has 13 nitrogen and oxygen atoms in total. The van der Waals surface area contributed by atoms with Crippen LogP contribution in [-0.4, -0.2) is 87.6 Å². The minimum Gasteiger partial charge on any atom is -0.481 e. The fraction of sp³-hybridized carbons (Fsp3) is 0.647. The first-order valence-corrected chi connectivity index (χ1v) is 10.7. The SMILES string of the molecule is CSCCC(NC(=O)CN)C(=O)NC(CCC(=O)O)C(=O)NC(CCC(=O)O)C(=O)O. The maximum Gasteiger partial charge on any atom is 0.326 e. The van der Waals surface area contributed by atoms with Crippen molar-refractivity contribution >= 4 is 47.4 Å². The molecule has 0 aromatic carbocycles. The number of carbonyl (C=O) groups excluding carboxylic acids is 3. The van der Waals surface area contributed by atoms with E-state index in [9.17, 15) is 33.9 Å². The number of aliphatic carboxylic acids is 3. The summed E-state index contributed by atoms with van der Waals surface area (Å²) in [7, 11) is 0. The van der Waals surface area contributed by atoms with Crippen molar-refractivity contribution in [2.45, 2.75) is 50.2 Å². The van der Waals surface area contributed by atoms with Gasteiger partial charge in [-0.1, -0.05) is 0 Å². The quantitative estimate of drug-likeness (QED) is 0.132. The average molecular weight is 464 g/mol. The topological polar surface area (TPSA) is 225 Å². The third-order valence-electron chi connectivity index (χ3n) is 3.99. The molecule has 0 aliphatic rings. The van der Waals surface area contributed by atoms with Gasteiger partial charge in [0.15, 0.2) is 0 Å². The Morgan fingerprint density at radius 2 is 1.23 bits per heavy atom. The van der Waals surface area contributed by atoms with Gasteiger partial charge in [-0.05, 0) is 31.3 Å². The number of hydrogen-bond donors (Lipinski definition) is 7. The monoisotopic (exact) mass is 464 g/mol. The van der Waals surface area contributed by atoms with Crippen LogP contribution < -0.4 is 21.7 Å². The second-order valence-electron chi connectivity index (χ2n) is 6.43. The highest BCUT2D eigenvalue weighted by Gasteiger charge is 2.29. The number of carboxylic acids is 3. The number of nitrogens with one attached hydrogen (secondary N) is 3. The molecule has 0 saturated carbocycles. The van der Waals surface area contributed by atoms with Gasteiger partial charge >= 0.3 is 17.9 Å². The lowest BCUT2D eigenvalue weighted by molar-refractivity contribution is -0.144. The van der Waals surface area contributed by atoms with E-state index in [4.69, 9.17) is 15.9 Å². The zero-order valence-corrected chi connectivity index (χ0v) is 17.8. The smallest absolute Gasteiger partial charge is 0.326 e. The molecule has 0 heterocycles. The van der Waals surface area contributed by atoms with Crippen LogP contribution in [0.4, 0.5) is 0 Å². The first-order valence-electron chi connectivity index (χ1n) is 9.27. The van der Waals surface area contributed by atoms with Crippen LogP contribution in [0.3, 0.4) is 0 Å². The van der Waals surface area contributed by atoms with E-state index < -0.39 is 73.0 Å². The summed E-state index contributed by atoms with van der Waals surface area (Å²) in [6.07, 6.45) is 0.215. The lowest BCUT2D eigenvalue weighted by Gasteiger charge is -2.24. The van der Waals surface area contributed by atoms with Crippen LogP contribution in [0.15, 0.2) is 0 Å². The van der Waals surface area contributed by atoms with Crippen LogP contribution in [0.25, 0.3) is 0 Å². The van der Waals surface area contributed by atoms with E-state index in [1.807, 2.05) is 0 Å². The molecule has 3 atom stereocenters. The molecule has 0 aliphatic carbocycles. The molecule has 3 amide bonds. The standard InChI is InChI=1S/C17H28N4O9S/c1-31-7-6-10(19-12(22)8-18)16(28)20-9(2-4-13(23)24)15(27)21-11(17(29)30)3-5-14(25)26/h9-11H,2-8,18H2,1H3,(H,19,22)(H,20,28)(H,21,27)(H,23,24)(H,25,26)(H,29,30). The van der Waals surface area contributed by atoms with Crippen molar-refractivity contribution in [3.63, 3.8) is 0 Å². The minimum atomic E-state index is -1.54. The second kappa shape index (κ2) is 15.0. The van der Waals surface area contributed by atoms with Gasteiger partial charge in [-0.25, -0.2) is 4.79 Å². The molecule has 8 N–H and O–H groups in total. The molecule has 0 aromatic rings. The maximum atomic E-state index is 12.6. The van der Waals surface area contributed by atoms with Gasteiger partial charge < -0.3 is 37.0 Å². The van der Waals surface area contributed by atoms with Crippen LogP contribution in [0.1, 0.15) is 32.1 Å². The number of carboxylic acid groups (broad SMARTS) is 3. The van der Waals surface area contributed by atoms with Crippen molar-refractivity contribution in [2.24, 2.45) is 5.73 Å². The molecule has 14 heteroatoms. The van der Waals surface area contributed by atoms with E-state index >= 15 is 0 Å². The van der Waals surface area contributed by atoms with E-state index in [-0.39, 0.29) is 19.4 Å². The van der Waals surface area contributed by atoms with E-state index in [1.165, 1.54) is 11.8 Å². The van der Waals surface area contributed by atoms with Crippen LogP contribution in [0.2, 0.25) is 0 Å². The molecule has 0 spiro atoms. The predicted octanol–water partition coefficient (Wildman–Crippen LogP) is -2.03. The largest absolute Gasteiger partial charge is 0.481 e. The summed E-state index contributed by atoms with van der Waals surface area (Å²) in [5.41, 5.74) is 5.24. The fourth-order valence-electron chi connectivity index (χ4n) is 2.36. The molecule has 0 aromatic heterocycles. The number of thioether (sulfide) groups is 1. The number of rotatable bonds is 16. The molecule has 31 heavy (non-hydrogen) atoms. The summed E-state index contributed by atoms with van der Waals surface area (Å²) in [6, 6.07) is -4.00. The summed E-state index contributed by atoms with van der Waals surface area (Å²) >= 11 is 1.41. The minimum absolute atomic E-state index is 0.211. The summed E-state index contributed by atoms with van der Waals surface area (Å²) in [4.78, 5) is 69.6. The van der Waals surface area contributed by atoms with Gasteiger partial charge in [-0.2, -0.15) is 11.8 Å². The number of hydrogen-bond acceptors (Lipinski definition) is 8. The highest BCUT2D eigenvalue weighted by molar-refractivity contribution is 7.98. The van der Waals surface area contributed by atoms with Crippen molar-refractivity contribution in [1.82, 2.24) is 16.0 Å². The van der Waals surface area contributed by atoms with Crippen molar-refractivity contribution < 1.29 is 44.1 Å². The summed E-state index contributed by atoms with van der Waals surface area (Å²) < 4.78 is 0. The fourth-order valence-corrected chi connectivity index (χ4v) is 2.84. The molecule has 0 bridgehead atoms. The predicted molar refractivity (Wildman–Crippen MR) is 109 cm³/mol. The molecule has 0 radical (unpaired) electrons. The number of nitrogens with two attached hydrogens (primary N) is 1. The maximum absolute atomic E-state index is 12.6. The van der Waals surface area contributed by atoms with Gasteiger partial charge in [0, 0.05) is 12.8 Å². The number of carbonyl (C=O) groups is 6. The van der Waals surface area contributed by atoms with Crippen LogP contribution in [-0.2, 0) is 28.8 Å². The van der Waals surface area contributed by atoms with Gasteiger partial charge in [0.05, 0.1) is 6.54 Å². The molecule has 3 unspecified atom stereocenters. The van der Waals surface area contributed by atoms with Crippen LogP contribution in [0, 0.1) is 0 Å². The Balaban J connectivity index is 5.38. The molecule has 0 saturated heterocycles. The third-order valence-corrected chi connectivity index (χ3v) is 4.63. The molecule has 0 fully saturated rings. The number of amides is 3.